The molecule has 9 nitrogen and oxygen atoms in total. The summed E-state index contributed by atoms with van der Waals surface area (Å²) in [6.07, 6.45) is 8.25. The van der Waals surface area contributed by atoms with E-state index in [2.05, 4.69) is 4.98 Å². The Morgan fingerprint density at radius 1 is 1.15 bits per heavy atom. The maximum atomic E-state index is 13.1. The summed E-state index contributed by atoms with van der Waals surface area (Å²) in [6, 6.07) is 6.66. The van der Waals surface area contributed by atoms with Gasteiger partial charge in [0.15, 0.2) is 11.4 Å². The van der Waals surface area contributed by atoms with Crippen LogP contribution >= 0.6 is 0 Å². The number of aliphatic carboxylic acids is 1. The molecule has 2 bridgehead atoms. The quantitative estimate of drug-likeness (QED) is 0.461. The molecule has 2 aromatic heterocycles. The SMILES string of the molecule is O=C(O)CCC=CCC1C2CCC(O2)C1c1nc(C(=O)n2c(O)c(O)c3ccccc32)co1. The van der Waals surface area contributed by atoms with Crippen LogP contribution in [0.3, 0.4) is 0 Å². The Labute approximate surface area is 188 Å². The smallest absolute Gasteiger partial charge is 0.303 e. The molecule has 4 heterocycles. The van der Waals surface area contributed by atoms with E-state index in [9.17, 15) is 19.8 Å². The molecule has 5 rings (SSSR count). The van der Waals surface area contributed by atoms with Crippen molar-refractivity contribution < 1.29 is 34.1 Å². The zero-order valence-corrected chi connectivity index (χ0v) is 17.8. The van der Waals surface area contributed by atoms with E-state index in [1.807, 2.05) is 12.2 Å². The van der Waals surface area contributed by atoms with E-state index in [-0.39, 0.29) is 41.9 Å². The fourth-order valence-corrected chi connectivity index (χ4v) is 5.06. The highest BCUT2D eigenvalue weighted by Gasteiger charge is 2.51. The van der Waals surface area contributed by atoms with Crippen LogP contribution in [0.2, 0.25) is 0 Å². The van der Waals surface area contributed by atoms with Crippen LogP contribution in [0.5, 0.6) is 11.6 Å². The number of carbonyl (C=O) groups excluding carboxylic acids is 1. The monoisotopic (exact) mass is 452 g/mol. The number of allylic oxidation sites excluding steroid dienone is 2. The molecule has 3 N–H and O–H groups in total. The number of hydrogen-bond donors (Lipinski definition) is 3. The summed E-state index contributed by atoms with van der Waals surface area (Å²) >= 11 is 0. The summed E-state index contributed by atoms with van der Waals surface area (Å²) in [6.45, 7) is 0. The van der Waals surface area contributed by atoms with Gasteiger partial charge < -0.3 is 24.5 Å². The molecule has 172 valence electrons. The van der Waals surface area contributed by atoms with Gasteiger partial charge in [-0.3, -0.25) is 9.59 Å². The second kappa shape index (κ2) is 8.40. The number of rotatable bonds is 7. The minimum Gasteiger partial charge on any atom is -0.503 e. The highest BCUT2D eigenvalue weighted by atomic mass is 16.5. The first-order valence-electron chi connectivity index (χ1n) is 11.0. The van der Waals surface area contributed by atoms with Crippen molar-refractivity contribution >= 4 is 22.8 Å². The van der Waals surface area contributed by atoms with Crippen molar-refractivity contribution in [3.63, 3.8) is 0 Å². The molecule has 9 heteroatoms. The molecular formula is C24H24N2O7. The third-order valence-electron chi connectivity index (χ3n) is 6.58. The molecular weight excluding hydrogens is 428 g/mol. The lowest BCUT2D eigenvalue weighted by atomic mass is 9.77. The number of fused-ring (bicyclic) bond motifs is 3. The second-order valence-electron chi connectivity index (χ2n) is 8.52. The Morgan fingerprint density at radius 2 is 1.94 bits per heavy atom. The van der Waals surface area contributed by atoms with Crippen LogP contribution in [-0.2, 0) is 9.53 Å². The molecule has 2 fully saturated rings. The molecule has 2 aliphatic rings. The predicted octanol–water partition coefficient (Wildman–Crippen LogP) is 3.80. The lowest BCUT2D eigenvalue weighted by Gasteiger charge is -2.24. The van der Waals surface area contributed by atoms with E-state index in [1.54, 1.807) is 24.3 Å². The fraction of sp³-hybridized carbons (Fsp3) is 0.375. The van der Waals surface area contributed by atoms with Gasteiger partial charge in [-0.15, -0.1) is 0 Å². The van der Waals surface area contributed by atoms with Crippen molar-refractivity contribution in [1.82, 2.24) is 9.55 Å². The maximum absolute atomic E-state index is 13.1. The van der Waals surface area contributed by atoms with E-state index < -0.39 is 17.8 Å². The zero-order valence-electron chi connectivity index (χ0n) is 17.8. The molecule has 3 aromatic rings. The first-order chi connectivity index (χ1) is 16.0. The van der Waals surface area contributed by atoms with E-state index in [0.29, 0.717) is 29.6 Å². The van der Waals surface area contributed by atoms with Gasteiger partial charge in [0, 0.05) is 17.7 Å². The number of carbonyl (C=O) groups is 2. The molecule has 4 atom stereocenters. The van der Waals surface area contributed by atoms with E-state index in [1.165, 1.54) is 6.26 Å². The summed E-state index contributed by atoms with van der Waals surface area (Å²) in [5.41, 5.74) is 0.397. The average Bonchev–Trinajstić information content (AvgIpc) is 3.58. The molecule has 0 spiro atoms. The normalized spacial score (nSPS) is 24.2. The van der Waals surface area contributed by atoms with Crippen molar-refractivity contribution in [2.45, 2.75) is 50.2 Å². The number of carboxylic acid groups (broad SMARTS) is 1. The van der Waals surface area contributed by atoms with E-state index in [0.717, 1.165) is 17.4 Å². The van der Waals surface area contributed by atoms with Crippen molar-refractivity contribution in [3.05, 3.63) is 54.3 Å². The summed E-state index contributed by atoms with van der Waals surface area (Å²) < 4.78 is 12.8. The number of oxazole rings is 1. The number of ether oxygens (including phenoxy) is 1. The first kappa shape index (κ1) is 21.3. The van der Waals surface area contributed by atoms with Gasteiger partial charge in [0.25, 0.3) is 5.91 Å². The van der Waals surface area contributed by atoms with Crippen LogP contribution in [0.1, 0.15) is 54.4 Å². The zero-order chi connectivity index (χ0) is 23.1. The topological polar surface area (TPSA) is 135 Å². The third kappa shape index (κ3) is 3.68. The van der Waals surface area contributed by atoms with E-state index in [4.69, 9.17) is 14.3 Å². The maximum Gasteiger partial charge on any atom is 0.303 e. The van der Waals surface area contributed by atoms with Gasteiger partial charge in [-0.1, -0.05) is 24.3 Å². The molecule has 2 saturated heterocycles. The molecule has 33 heavy (non-hydrogen) atoms. The second-order valence-corrected chi connectivity index (χ2v) is 8.52. The van der Waals surface area contributed by atoms with Crippen molar-refractivity contribution in [2.75, 3.05) is 0 Å². The highest BCUT2D eigenvalue weighted by molar-refractivity contribution is 6.04. The molecule has 2 aliphatic heterocycles. The number of aromatic nitrogens is 2. The van der Waals surface area contributed by atoms with Gasteiger partial charge in [-0.2, -0.15) is 0 Å². The Hall–Kier alpha value is -3.59. The highest BCUT2D eigenvalue weighted by Crippen LogP contribution is 2.50. The molecule has 4 unspecified atom stereocenters. The molecule has 0 aliphatic carbocycles. The molecule has 0 radical (unpaired) electrons. The Kier molecular flexibility index (Phi) is 5.41. The Morgan fingerprint density at radius 3 is 2.76 bits per heavy atom. The summed E-state index contributed by atoms with van der Waals surface area (Å²) in [5, 5.41) is 29.7. The number of nitrogens with zero attached hydrogens (tertiary/aromatic N) is 2. The fourth-order valence-electron chi connectivity index (χ4n) is 5.06. The van der Waals surface area contributed by atoms with Crippen LogP contribution in [-0.4, -0.2) is 49.0 Å². The molecule has 1 aromatic carbocycles. The van der Waals surface area contributed by atoms with Gasteiger partial charge in [-0.05, 0) is 37.8 Å². The Balaban J connectivity index is 1.38. The van der Waals surface area contributed by atoms with Gasteiger partial charge in [0.05, 0.1) is 23.6 Å². The number of benzene rings is 1. The van der Waals surface area contributed by atoms with Gasteiger partial charge in [0.2, 0.25) is 11.8 Å². The molecule has 0 saturated carbocycles. The average molecular weight is 452 g/mol. The number of hydrogen-bond acceptors (Lipinski definition) is 7. The number of carboxylic acids is 1. The van der Waals surface area contributed by atoms with Crippen LogP contribution in [0.15, 0.2) is 47.1 Å². The van der Waals surface area contributed by atoms with Crippen molar-refractivity contribution in [2.24, 2.45) is 5.92 Å². The Bertz CT molecular complexity index is 1240. The van der Waals surface area contributed by atoms with Crippen molar-refractivity contribution in [1.29, 1.82) is 0 Å². The largest absolute Gasteiger partial charge is 0.503 e. The van der Waals surface area contributed by atoms with Gasteiger partial charge in [-0.25, -0.2) is 9.55 Å². The summed E-state index contributed by atoms with van der Waals surface area (Å²) in [4.78, 5) is 28.3. The third-order valence-corrected chi connectivity index (χ3v) is 6.58. The van der Waals surface area contributed by atoms with Crippen LogP contribution in [0, 0.1) is 5.92 Å². The predicted molar refractivity (Wildman–Crippen MR) is 116 cm³/mol. The van der Waals surface area contributed by atoms with Crippen LogP contribution < -0.4 is 0 Å². The summed E-state index contributed by atoms with van der Waals surface area (Å²) in [7, 11) is 0. The minimum absolute atomic E-state index is 0.0274. The van der Waals surface area contributed by atoms with Crippen LogP contribution in [0.25, 0.3) is 10.9 Å². The first-order valence-corrected chi connectivity index (χ1v) is 11.0. The van der Waals surface area contributed by atoms with E-state index >= 15 is 0 Å². The standard InChI is InChI=1S/C24H24N2O7/c27-19(28)9-3-1-2-7-14-17-10-11-18(33-17)20(14)22-25-15(12-32-22)23(30)26-16-8-5-4-6-13(16)21(29)24(26)31/h1-2,4-6,8,12,14,17-18,20,29,31H,3,7,9-11H2,(H,27,28). The number of aromatic hydroxyl groups is 2. The minimum atomic E-state index is -0.826. The van der Waals surface area contributed by atoms with Crippen molar-refractivity contribution in [3.8, 4) is 11.6 Å². The molecule has 0 amide bonds. The number of para-hydroxylation sites is 1. The van der Waals surface area contributed by atoms with Crippen LogP contribution in [0.4, 0.5) is 0 Å². The lowest BCUT2D eigenvalue weighted by Crippen LogP contribution is -2.25. The van der Waals surface area contributed by atoms with Gasteiger partial charge in [0.1, 0.15) is 6.26 Å². The lowest BCUT2D eigenvalue weighted by molar-refractivity contribution is -0.136. The van der Waals surface area contributed by atoms with Gasteiger partial charge >= 0.3 is 5.97 Å². The summed E-state index contributed by atoms with van der Waals surface area (Å²) in [5.74, 6) is -1.91.